The molecule has 1 aromatic rings. The molecule has 1 aromatic heterocycles. The molecule has 1 atom stereocenters. The van der Waals surface area contributed by atoms with Crippen LogP contribution in [0.15, 0.2) is 0 Å². The second kappa shape index (κ2) is 4.14. The van der Waals surface area contributed by atoms with Gasteiger partial charge in [-0.05, 0) is 19.3 Å². The van der Waals surface area contributed by atoms with E-state index in [1.165, 1.54) is 24.2 Å². The van der Waals surface area contributed by atoms with Crippen LogP contribution in [-0.4, -0.2) is 46.1 Å². The van der Waals surface area contributed by atoms with Crippen LogP contribution >= 0.6 is 0 Å². The van der Waals surface area contributed by atoms with E-state index < -0.39 is 0 Å². The molecule has 1 aliphatic carbocycles. The minimum Gasteiger partial charge on any atom is -0.314 e. The number of hydrogen-bond acceptors (Lipinski definition) is 4. The van der Waals surface area contributed by atoms with Gasteiger partial charge in [-0.25, -0.2) is 0 Å². The fraction of sp³-hybridized carbons (Fsp3) is 0.818. The van der Waals surface area contributed by atoms with E-state index >= 15 is 0 Å². The maximum absolute atomic E-state index is 4.36. The lowest BCUT2D eigenvalue weighted by molar-refractivity contribution is 0.154. The zero-order valence-corrected chi connectivity index (χ0v) is 9.82. The number of fused-ring (bicyclic) bond motifs is 1. The van der Waals surface area contributed by atoms with Gasteiger partial charge in [0.2, 0.25) is 0 Å². The number of aromatic nitrogens is 3. The van der Waals surface area contributed by atoms with Gasteiger partial charge in [-0.15, -0.1) is 5.10 Å². The van der Waals surface area contributed by atoms with Gasteiger partial charge in [0.1, 0.15) is 5.69 Å². The van der Waals surface area contributed by atoms with Gasteiger partial charge in [-0.1, -0.05) is 5.21 Å². The predicted molar refractivity (Wildman–Crippen MR) is 61.1 cm³/mol. The number of nitrogens with zero attached hydrogens (tertiary/aromatic N) is 4. The number of rotatable bonds is 1. The maximum atomic E-state index is 4.36. The summed E-state index contributed by atoms with van der Waals surface area (Å²) in [4.78, 5) is 2.56. The highest BCUT2D eigenvalue weighted by Crippen LogP contribution is 2.32. The minimum atomic E-state index is 0.513. The Morgan fingerprint density at radius 1 is 1.31 bits per heavy atom. The summed E-state index contributed by atoms with van der Waals surface area (Å²) in [5.74, 6) is 0. The van der Waals surface area contributed by atoms with Gasteiger partial charge < -0.3 is 5.32 Å². The van der Waals surface area contributed by atoms with Crippen molar-refractivity contribution >= 4 is 0 Å². The second-order valence-corrected chi connectivity index (χ2v) is 4.74. The molecule has 16 heavy (non-hydrogen) atoms. The highest BCUT2D eigenvalue weighted by atomic mass is 15.4. The molecule has 1 unspecified atom stereocenters. The van der Waals surface area contributed by atoms with Crippen LogP contribution in [0.3, 0.4) is 0 Å². The molecule has 5 heteroatoms. The van der Waals surface area contributed by atoms with E-state index in [4.69, 9.17) is 0 Å². The molecule has 0 spiro atoms. The van der Waals surface area contributed by atoms with Crippen molar-refractivity contribution in [2.75, 3.05) is 26.2 Å². The molecule has 88 valence electrons. The molecule has 0 radical (unpaired) electrons. The molecule has 2 aliphatic rings. The van der Waals surface area contributed by atoms with E-state index in [2.05, 4.69) is 20.5 Å². The molecule has 5 nitrogen and oxygen atoms in total. The van der Waals surface area contributed by atoms with Crippen molar-refractivity contribution in [3.63, 3.8) is 0 Å². The van der Waals surface area contributed by atoms with E-state index in [9.17, 15) is 0 Å². The average Bonchev–Trinajstić information content (AvgIpc) is 2.73. The summed E-state index contributed by atoms with van der Waals surface area (Å²) >= 11 is 0. The number of hydrogen-bond donors (Lipinski definition) is 1. The summed E-state index contributed by atoms with van der Waals surface area (Å²) in [6.45, 7) is 4.49. The molecule has 2 heterocycles. The van der Waals surface area contributed by atoms with Crippen molar-refractivity contribution in [2.24, 2.45) is 7.05 Å². The number of piperazine rings is 1. The van der Waals surface area contributed by atoms with Crippen LogP contribution in [0.5, 0.6) is 0 Å². The first-order valence-corrected chi connectivity index (χ1v) is 6.19. The van der Waals surface area contributed by atoms with Gasteiger partial charge in [0.05, 0.1) is 11.7 Å². The zero-order valence-electron chi connectivity index (χ0n) is 9.82. The standard InChI is InChI=1S/C11H19N5/c1-15-9-3-2-4-10(11(9)13-14-15)16-7-5-12-6-8-16/h10,12H,2-8H2,1H3. The third-order valence-corrected chi connectivity index (χ3v) is 3.77. The minimum absolute atomic E-state index is 0.513. The van der Waals surface area contributed by atoms with Crippen LogP contribution in [0, 0.1) is 0 Å². The first-order valence-electron chi connectivity index (χ1n) is 6.19. The van der Waals surface area contributed by atoms with Crippen LogP contribution in [-0.2, 0) is 13.5 Å². The Kier molecular flexibility index (Phi) is 2.65. The Morgan fingerprint density at radius 2 is 2.12 bits per heavy atom. The van der Waals surface area contributed by atoms with Crippen LogP contribution < -0.4 is 5.32 Å². The monoisotopic (exact) mass is 221 g/mol. The van der Waals surface area contributed by atoms with Gasteiger partial charge >= 0.3 is 0 Å². The molecule has 0 aromatic carbocycles. The molecular formula is C11H19N5. The van der Waals surface area contributed by atoms with Crippen LogP contribution in [0.1, 0.15) is 30.3 Å². The average molecular weight is 221 g/mol. The third kappa shape index (κ3) is 1.64. The molecule has 1 saturated heterocycles. The van der Waals surface area contributed by atoms with Crippen LogP contribution in [0.2, 0.25) is 0 Å². The molecule has 1 N–H and O–H groups in total. The summed E-state index contributed by atoms with van der Waals surface area (Å²) in [6.07, 6.45) is 3.65. The van der Waals surface area contributed by atoms with Gasteiger partial charge in [-0.3, -0.25) is 9.58 Å². The largest absolute Gasteiger partial charge is 0.314 e. The van der Waals surface area contributed by atoms with Gasteiger partial charge in [0.15, 0.2) is 0 Å². The SMILES string of the molecule is Cn1nnc2c1CCCC2N1CCNCC1. The summed E-state index contributed by atoms with van der Waals surface area (Å²) in [6, 6.07) is 0.513. The summed E-state index contributed by atoms with van der Waals surface area (Å²) in [5.41, 5.74) is 2.57. The lowest BCUT2D eigenvalue weighted by Gasteiger charge is -2.36. The second-order valence-electron chi connectivity index (χ2n) is 4.74. The molecule has 0 amide bonds. The van der Waals surface area contributed by atoms with E-state index in [1.807, 2.05) is 11.7 Å². The quantitative estimate of drug-likeness (QED) is 0.730. The Morgan fingerprint density at radius 3 is 2.94 bits per heavy atom. The Bertz CT molecular complexity index is 366. The highest BCUT2D eigenvalue weighted by molar-refractivity contribution is 5.18. The molecule has 0 bridgehead atoms. The summed E-state index contributed by atoms with van der Waals surface area (Å²) < 4.78 is 1.95. The van der Waals surface area contributed by atoms with Crippen molar-refractivity contribution in [3.8, 4) is 0 Å². The lowest BCUT2D eigenvalue weighted by Crippen LogP contribution is -2.45. The van der Waals surface area contributed by atoms with E-state index in [0.29, 0.717) is 6.04 Å². The summed E-state index contributed by atoms with van der Waals surface area (Å²) in [5, 5.41) is 11.9. The van der Waals surface area contributed by atoms with Crippen molar-refractivity contribution < 1.29 is 0 Å². The predicted octanol–water partition coefficient (Wildman–Crippen LogP) is 0.0977. The fourth-order valence-electron chi connectivity index (χ4n) is 2.89. The van der Waals surface area contributed by atoms with E-state index in [1.54, 1.807) is 0 Å². The molecule has 0 saturated carbocycles. The van der Waals surface area contributed by atoms with Crippen molar-refractivity contribution in [1.82, 2.24) is 25.2 Å². The normalized spacial score (nSPS) is 26.7. The lowest BCUT2D eigenvalue weighted by atomic mass is 9.94. The van der Waals surface area contributed by atoms with Crippen molar-refractivity contribution in [3.05, 3.63) is 11.4 Å². The van der Waals surface area contributed by atoms with Gasteiger partial charge in [-0.2, -0.15) is 0 Å². The number of aryl methyl sites for hydroxylation is 1. The van der Waals surface area contributed by atoms with Gasteiger partial charge in [0, 0.05) is 33.2 Å². The Labute approximate surface area is 95.8 Å². The molecule has 1 fully saturated rings. The first-order chi connectivity index (χ1) is 7.86. The van der Waals surface area contributed by atoms with Crippen LogP contribution in [0.4, 0.5) is 0 Å². The van der Waals surface area contributed by atoms with Gasteiger partial charge in [0.25, 0.3) is 0 Å². The van der Waals surface area contributed by atoms with E-state index in [-0.39, 0.29) is 0 Å². The molecule has 3 rings (SSSR count). The van der Waals surface area contributed by atoms with Crippen molar-refractivity contribution in [1.29, 1.82) is 0 Å². The first kappa shape index (κ1) is 10.2. The number of nitrogens with one attached hydrogen (secondary N) is 1. The topological polar surface area (TPSA) is 46.0 Å². The Hall–Kier alpha value is -0.940. The fourth-order valence-corrected chi connectivity index (χ4v) is 2.89. The van der Waals surface area contributed by atoms with Crippen LogP contribution in [0.25, 0.3) is 0 Å². The van der Waals surface area contributed by atoms with Crippen molar-refractivity contribution in [2.45, 2.75) is 25.3 Å². The van der Waals surface area contributed by atoms with E-state index in [0.717, 1.165) is 32.6 Å². The molecule has 1 aliphatic heterocycles. The highest BCUT2D eigenvalue weighted by Gasteiger charge is 2.30. The molecular weight excluding hydrogens is 202 g/mol. The maximum Gasteiger partial charge on any atom is 0.103 e. The zero-order chi connectivity index (χ0) is 11.0. The Balaban J connectivity index is 1.86. The summed E-state index contributed by atoms with van der Waals surface area (Å²) in [7, 11) is 2.01. The third-order valence-electron chi connectivity index (χ3n) is 3.77. The smallest absolute Gasteiger partial charge is 0.103 e.